The van der Waals surface area contributed by atoms with E-state index in [9.17, 15) is 0 Å². The molecule has 0 N–H and O–H groups in total. The van der Waals surface area contributed by atoms with Gasteiger partial charge < -0.3 is 4.90 Å². The Morgan fingerprint density at radius 1 is 1.00 bits per heavy atom. The summed E-state index contributed by atoms with van der Waals surface area (Å²) in [6, 6.07) is 16.9. The summed E-state index contributed by atoms with van der Waals surface area (Å²) in [4.78, 5) is 6.79. The summed E-state index contributed by atoms with van der Waals surface area (Å²) < 4.78 is 3.72. The number of hydrogen-bond donors (Lipinski definition) is 0. The van der Waals surface area contributed by atoms with E-state index in [-0.39, 0.29) is 0 Å². The van der Waals surface area contributed by atoms with Gasteiger partial charge in [-0.1, -0.05) is 18.2 Å². The Hall–Kier alpha value is -3.32. The fraction of sp³-hybridized carbons (Fsp3) is 0.200. The SMILES string of the molecule is C[C@@H](c1cccc(-c2nccn2-c2ccc(-n3cnnn3)cc2)c1)N(C)C. The lowest BCUT2D eigenvalue weighted by Gasteiger charge is -2.20. The topological polar surface area (TPSA) is 64.7 Å². The van der Waals surface area contributed by atoms with E-state index in [1.807, 2.05) is 36.7 Å². The lowest BCUT2D eigenvalue weighted by atomic mass is 10.0. The van der Waals surface area contributed by atoms with Crippen LogP contribution in [-0.4, -0.2) is 48.8 Å². The molecule has 0 amide bonds. The lowest BCUT2D eigenvalue weighted by molar-refractivity contribution is 0.321. The summed E-state index contributed by atoms with van der Waals surface area (Å²) in [5, 5.41) is 11.3. The highest BCUT2D eigenvalue weighted by Crippen LogP contribution is 2.26. The second-order valence-electron chi connectivity index (χ2n) is 6.66. The molecule has 1 atom stereocenters. The van der Waals surface area contributed by atoms with Crippen LogP contribution in [0, 0.1) is 0 Å². The van der Waals surface area contributed by atoms with E-state index < -0.39 is 0 Å². The molecule has 136 valence electrons. The van der Waals surface area contributed by atoms with E-state index in [2.05, 4.69) is 75.3 Å². The van der Waals surface area contributed by atoms with Crippen molar-refractivity contribution in [1.29, 1.82) is 0 Å². The normalized spacial score (nSPS) is 12.4. The number of tetrazole rings is 1. The first kappa shape index (κ1) is 17.1. The molecule has 0 spiro atoms. The zero-order valence-corrected chi connectivity index (χ0v) is 15.6. The molecule has 7 heteroatoms. The summed E-state index contributed by atoms with van der Waals surface area (Å²) in [5.74, 6) is 0.915. The number of rotatable bonds is 5. The molecule has 0 fully saturated rings. The molecule has 0 aliphatic rings. The minimum absolute atomic E-state index is 0.337. The van der Waals surface area contributed by atoms with Crippen LogP contribution in [0.25, 0.3) is 22.8 Å². The predicted molar refractivity (Wildman–Crippen MR) is 104 cm³/mol. The van der Waals surface area contributed by atoms with Gasteiger partial charge >= 0.3 is 0 Å². The Kier molecular flexibility index (Phi) is 4.52. The van der Waals surface area contributed by atoms with Crippen molar-refractivity contribution in [2.75, 3.05) is 14.1 Å². The van der Waals surface area contributed by atoms with Gasteiger partial charge in [-0.3, -0.25) is 4.57 Å². The smallest absolute Gasteiger partial charge is 0.144 e. The first-order chi connectivity index (χ1) is 13.1. The fourth-order valence-electron chi connectivity index (χ4n) is 3.01. The number of benzene rings is 2. The molecule has 2 heterocycles. The van der Waals surface area contributed by atoms with Crippen LogP contribution in [0.3, 0.4) is 0 Å². The van der Waals surface area contributed by atoms with Gasteiger partial charge in [0.1, 0.15) is 12.2 Å². The van der Waals surface area contributed by atoms with Gasteiger partial charge in [0.15, 0.2) is 0 Å². The van der Waals surface area contributed by atoms with Crippen LogP contribution < -0.4 is 0 Å². The van der Waals surface area contributed by atoms with Crippen LogP contribution in [0.5, 0.6) is 0 Å². The maximum Gasteiger partial charge on any atom is 0.144 e. The van der Waals surface area contributed by atoms with E-state index in [1.54, 1.807) is 11.0 Å². The highest BCUT2D eigenvalue weighted by molar-refractivity contribution is 5.60. The molecule has 2 aromatic heterocycles. The van der Waals surface area contributed by atoms with Crippen LogP contribution >= 0.6 is 0 Å². The molecule has 0 radical (unpaired) electrons. The second-order valence-corrected chi connectivity index (χ2v) is 6.66. The van der Waals surface area contributed by atoms with E-state index in [1.165, 1.54) is 5.56 Å². The molecule has 4 aromatic rings. The van der Waals surface area contributed by atoms with Gasteiger partial charge in [0, 0.05) is 29.7 Å². The van der Waals surface area contributed by atoms with Gasteiger partial charge in [0.25, 0.3) is 0 Å². The molecule has 0 bridgehead atoms. The Morgan fingerprint density at radius 3 is 2.48 bits per heavy atom. The number of hydrogen-bond acceptors (Lipinski definition) is 5. The molecule has 7 nitrogen and oxygen atoms in total. The molecule has 2 aromatic carbocycles. The fourth-order valence-corrected chi connectivity index (χ4v) is 3.01. The van der Waals surface area contributed by atoms with Crippen molar-refractivity contribution in [2.45, 2.75) is 13.0 Å². The lowest BCUT2D eigenvalue weighted by Crippen LogP contribution is -2.16. The van der Waals surface area contributed by atoms with Gasteiger partial charge in [-0.25, -0.2) is 9.67 Å². The van der Waals surface area contributed by atoms with E-state index in [0.717, 1.165) is 22.8 Å². The Labute approximate surface area is 157 Å². The molecule has 4 rings (SSSR count). The Balaban J connectivity index is 1.68. The molecular formula is C20H21N7. The highest BCUT2D eigenvalue weighted by atomic mass is 15.5. The average molecular weight is 359 g/mol. The van der Waals surface area contributed by atoms with Crippen LogP contribution in [0.15, 0.2) is 67.3 Å². The predicted octanol–water partition coefficient (Wildman–Crippen LogP) is 3.14. The molecule has 0 saturated carbocycles. The molecule has 0 aliphatic heterocycles. The molecular weight excluding hydrogens is 338 g/mol. The minimum atomic E-state index is 0.337. The monoisotopic (exact) mass is 359 g/mol. The third kappa shape index (κ3) is 3.37. The first-order valence-electron chi connectivity index (χ1n) is 8.77. The first-order valence-corrected chi connectivity index (χ1v) is 8.77. The maximum atomic E-state index is 4.59. The van der Waals surface area contributed by atoms with Crippen molar-refractivity contribution in [2.24, 2.45) is 0 Å². The van der Waals surface area contributed by atoms with Crippen LogP contribution in [-0.2, 0) is 0 Å². The van der Waals surface area contributed by atoms with Gasteiger partial charge in [-0.2, -0.15) is 0 Å². The molecule has 0 aliphatic carbocycles. The third-order valence-electron chi connectivity index (χ3n) is 4.78. The second kappa shape index (κ2) is 7.13. The van der Waals surface area contributed by atoms with Crippen molar-refractivity contribution in [3.8, 4) is 22.8 Å². The van der Waals surface area contributed by atoms with E-state index in [0.29, 0.717) is 6.04 Å². The Morgan fingerprint density at radius 2 is 1.78 bits per heavy atom. The highest BCUT2D eigenvalue weighted by Gasteiger charge is 2.12. The summed E-state index contributed by atoms with van der Waals surface area (Å²) in [5.41, 5.74) is 4.30. The van der Waals surface area contributed by atoms with Crippen molar-refractivity contribution >= 4 is 0 Å². The van der Waals surface area contributed by atoms with Crippen molar-refractivity contribution in [3.05, 3.63) is 72.8 Å². The van der Waals surface area contributed by atoms with Crippen molar-refractivity contribution in [3.63, 3.8) is 0 Å². The largest absolute Gasteiger partial charge is 0.303 e. The van der Waals surface area contributed by atoms with Gasteiger partial charge in [0.2, 0.25) is 0 Å². The quantitative estimate of drug-likeness (QED) is 0.548. The Bertz CT molecular complexity index is 1020. The van der Waals surface area contributed by atoms with Gasteiger partial charge in [0.05, 0.1) is 5.69 Å². The van der Waals surface area contributed by atoms with Crippen molar-refractivity contribution in [1.82, 2.24) is 34.7 Å². The molecule has 0 saturated heterocycles. The molecule has 27 heavy (non-hydrogen) atoms. The maximum absolute atomic E-state index is 4.59. The molecule has 0 unspecified atom stereocenters. The van der Waals surface area contributed by atoms with E-state index in [4.69, 9.17) is 0 Å². The zero-order chi connectivity index (χ0) is 18.8. The van der Waals surface area contributed by atoms with Crippen molar-refractivity contribution < 1.29 is 0 Å². The summed E-state index contributed by atoms with van der Waals surface area (Å²) >= 11 is 0. The van der Waals surface area contributed by atoms with Crippen LogP contribution in [0.1, 0.15) is 18.5 Å². The average Bonchev–Trinajstić information content (AvgIpc) is 3.39. The standard InChI is InChI=1S/C20H21N7/c1-15(25(2)3)16-5-4-6-17(13-16)20-21-11-12-26(20)18-7-9-19(10-8-18)27-14-22-23-24-27/h4-15H,1-3H3/t15-/m0/s1. The van der Waals surface area contributed by atoms with Gasteiger partial charge in [-0.15, -0.1) is 5.10 Å². The minimum Gasteiger partial charge on any atom is -0.303 e. The zero-order valence-electron chi connectivity index (χ0n) is 15.6. The van der Waals surface area contributed by atoms with E-state index >= 15 is 0 Å². The number of imidazole rings is 1. The number of nitrogens with zero attached hydrogens (tertiary/aromatic N) is 7. The summed E-state index contributed by atoms with van der Waals surface area (Å²) in [6.07, 6.45) is 5.38. The summed E-state index contributed by atoms with van der Waals surface area (Å²) in [6.45, 7) is 2.20. The van der Waals surface area contributed by atoms with Crippen LogP contribution in [0.4, 0.5) is 0 Å². The van der Waals surface area contributed by atoms with Gasteiger partial charge in [-0.05, 0) is 67.3 Å². The van der Waals surface area contributed by atoms with Crippen LogP contribution in [0.2, 0.25) is 0 Å². The summed E-state index contributed by atoms with van der Waals surface area (Å²) in [7, 11) is 4.18. The number of aromatic nitrogens is 6. The third-order valence-corrected chi connectivity index (χ3v) is 4.78.